The van der Waals surface area contributed by atoms with E-state index in [-0.39, 0.29) is 24.1 Å². The van der Waals surface area contributed by atoms with Crippen molar-refractivity contribution >= 4 is 34.7 Å². The number of nitrogens with one attached hydrogen (secondary N) is 2. The van der Waals surface area contributed by atoms with Gasteiger partial charge in [-0.2, -0.15) is 0 Å². The molecule has 0 unspecified atom stereocenters. The number of nitrogens with zero attached hydrogens (tertiary/aromatic N) is 2. The number of imide groups is 1. The average Bonchev–Trinajstić information content (AvgIpc) is 3.00. The number of pyridine rings is 1. The molecule has 3 amide bonds. The van der Waals surface area contributed by atoms with Gasteiger partial charge in [-0.25, -0.2) is 0 Å². The molecule has 7 heteroatoms. The predicted molar refractivity (Wildman–Crippen MR) is 118 cm³/mol. The first kappa shape index (κ1) is 20.0. The number of aromatic nitrogens is 1. The van der Waals surface area contributed by atoms with Gasteiger partial charge in [0.1, 0.15) is 5.70 Å². The van der Waals surface area contributed by atoms with Gasteiger partial charge in [0.25, 0.3) is 11.8 Å². The Bertz CT molecular complexity index is 1160. The summed E-state index contributed by atoms with van der Waals surface area (Å²) in [6, 6.07) is 19.6. The van der Waals surface area contributed by atoms with E-state index in [1.165, 1.54) is 11.8 Å². The van der Waals surface area contributed by atoms with Crippen LogP contribution in [0.15, 0.2) is 84.8 Å². The zero-order valence-corrected chi connectivity index (χ0v) is 16.8. The number of hydrogen-bond acceptors (Lipinski definition) is 5. The molecule has 0 aliphatic carbocycles. The molecule has 7 nitrogen and oxygen atoms in total. The van der Waals surface area contributed by atoms with Gasteiger partial charge in [-0.3, -0.25) is 24.3 Å². The van der Waals surface area contributed by atoms with Crippen molar-refractivity contribution in [3.05, 3.63) is 95.9 Å². The topological polar surface area (TPSA) is 91.4 Å². The molecule has 154 valence electrons. The first-order valence-electron chi connectivity index (χ1n) is 9.72. The molecule has 0 fully saturated rings. The van der Waals surface area contributed by atoms with Gasteiger partial charge in [0.05, 0.1) is 12.1 Å². The van der Waals surface area contributed by atoms with Crippen molar-refractivity contribution < 1.29 is 14.4 Å². The van der Waals surface area contributed by atoms with E-state index in [0.717, 1.165) is 5.56 Å². The molecule has 2 N–H and O–H groups in total. The minimum absolute atomic E-state index is 0.133. The molecule has 1 aromatic heterocycles. The fourth-order valence-electron chi connectivity index (χ4n) is 3.37. The molecule has 0 radical (unpaired) electrons. The van der Waals surface area contributed by atoms with Crippen molar-refractivity contribution in [1.82, 2.24) is 9.88 Å². The number of hydrogen-bond donors (Lipinski definition) is 2. The minimum atomic E-state index is -0.404. The molecule has 1 aliphatic rings. The highest BCUT2D eigenvalue weighted by molar-refractivity contribution is 6.36. The van der Waals surface area contributed by atoms with Crippen molar-refractivity contribution in [2.75, 3.05) is 10.6 Å². The Labute approximate surface area is 179 Å². The Morgan fingerprint density at radius 1 is 0.903 bits per heavy atom. The van der Waals surface area contributed by atoms with Crippen LogP contribution in [0.3, 0.4) is 0 Å². The van der Waals surface area contributed by atoms with Gasteiger partial charge in [0, 0.05) is 30.7 Å². The molecular weight excluding hydrogens is 392 g/mol. The summed E-state index contributed by atoms with van der Waals surface area (Å²) in [5.74, 6) is -0.937. The fraction of sp³-hybridized carbons (Fsp3) is 0.0833. The summed E-state index contributed by atoms with van der Waals surface area (Å²) in [5, 5.41) is 5.80. The SMILES string of the molecule is CC(=O)Nc1ccc(NC2=C(c3ccccc3)C(=O)N(Cc3cccnc3)C2=O)cc1. The normalized spacial score (nSPS) is 13.5. The average molecular weight is 412 g/mol. The molecule has 0 atom stereocenters. The van der Waals surface area contributed by atoms with Crippen LogP contribution in [0.4, 0.5) is 11.4 Å². The van der Waals surface area contributed by atoms with Crippen LogP contribution in [-0.2, 0) is 20.9 Å². The maximum Gasteiger partial charge on any atom is 0.278 e. The largest absolute Gasteiger partial charge is 0.350 e. The number of rotatable bonds is 6. The third-order valence-corrected chi connectivity index (χ3v) is 4.77. The maximum absolute atomic E-state index is 13.2. The van der Waals surface area contributed by atoms with Crippen molar-refractivity contribution in [2.45, 2.75) is 13.5 Å². The van der Waals surface area contributed by atoms with Crippen LogP contribution in [0.25, 0.3) is 5.57 Å². The van der Waals surface area contributed by atoms with E-state index < -0.39 is 5.91 Å². The van der Waals surface area contributed by atoms with E-state index in [0.29, 0.717) is 22.5 Å². The van der Waals surface area contributed by atoms with Crippen LogP contribution in [-0.4, -0.2) is 27.6 Å². The molecule has 0 spiro atoms. The van der Waals surface area contributed by atoms with Crippen molar-refractivity contribution in [1.29, 1.82) is 0 Å². The third kappa shape index (κ3) is 4.35. The summed E-state index contributed by atoms with van der Waals surface area (Å²) >= 11 is 0. The van der Waals surface area contributed by atoms with E-state index in [2.05, 4.69) is 15.6 Å². The first-order valence-corrected chi connectivity index (χ1v) is 9.72. The zero-order chi connectivity index (χ0) is 21.8. The number of benzene rings is 2. The van der Waals surface area contributed by atoms with Crippen LogP contribution < -0.4 is 10.6 Å². The number of carbonyl (C=O) groups is 3. The summed E-state index contributed by atoms with van der Waals surface area (Å²) in [6.45, 7) is 1.57. The van der Waals surface area contributed by atoms with E-state index in [9.17, 15) is 14.4 Å². The van der Waals surface area contributed by atoms with E-state index in [4.69, 9.17) is 0 Å². The van der Waals surface area contributed by atoms with Gasteiger partial charge < -0.3 is 10.6 Å². The van der Waals surface area contributed by atoms with E-state index in [1.807, 2.05) is 24.3 Å². The van der Waals surface area contributed by atoms with Crippen LogP contribution in [0, 0.1) is 0 Å². The van der Waals surface area contributed by atoms with Gasteiger partial charge in [0.2, 0.25) is 5.91 Å². The molecule has 3 aromatic rings. The van der Waals surface area contributed by atoms with Gasteiger partial charge in [-0.05, 0) is 41.5 Å². The monoisotopic (exact) mass is 412 g/mol. The summed E-state index contributed by atoms with van der Waals surface area (Å²) in [5.41, 5.74) is 3.22. The van der Waals surface area contributed by atoms with Crippen molar-refractivity contribution in [2.24, 2.45) is 0 Å². The van der Waals surface area contributed by atoms with Gasteiger partial charge in [-0.1, -0.05) is 36.4 Å². The summed E-state index contributed by atoms with van der Waals surface area (Å²) in [7, 11) is 0. The quantitative estimate of drug-likeness (QED) is 0.606. The molecule has 0 saturated carbocycles. The second kappa shape index (κ2) is 8.62. The summed E-state index contributed by atoms with van der Waals surface area (Å²) in [6.07, 6.45) is 3.28. The Hall–Kier alpha value is -4.26. The highest BCUT2D eigenvalue weighted by Gasteiger charge is 2.39. The third-order valence-electron chi connectivity index (χ3n) is 4.77. The van der Waals surface area contributed by atoms with Crippen LogP contribution in [0.1, 0.15) is 18.1 Å². The zero-order valence-electron chi connectivity index (χ0n) is 16.8. The Balaban J connectivity index is 1.67. The molecule has 0 bridgehead atoms. The molecule has 31 heavy (non-hydrogen) atoms. The van der Waals surface area contributed by atoms with Crippen molar-refractivity contribution in [3.63, 3.8) is 0 Å². The standard InChI is InChI=1S/C24H20N4O3/c1-16(29)26-19-9-11-20(12-10-19)27-22-21(18-7-3-2-4-8-18)23(30)28(24(22)31)15-17-6-5-13-25-14-17/h2-14,27H,15H2,1H3,(H,26,29). The Morgan fingerprint density at radius 2 is 1.61 bits per heavy atom. The van der Waals surface area contributed by atoms with Crippen molar-refractivity contribution in [3.8, 4) is 0 Å². The smallest absolute Gasteiger partial charge is 0.278 e. The molecular formula is C24H20N4O3. The predicted octanol–water partition coefficient (Wildman–Crippen LogP) is 3.43. The highest BCUT2D eigenvalue weighted by Crippen LogP contribution is 2.31. The lowest BCUT2D eigenvalue weighted by atomic mass is 10.0. The molecule has 4 rings (SSSR count). The second-order valence-corrected chi connectivity index (χ2v) is 7.06. The number of carbonyl (C=O) groups excluding carboxylic acids is 3. The summed E-state index contributed by atoms with van der Waals surface area (Å²) in [4.78, 5) is 43.0. The molecule has 2 heterocycles. The molecule has 2 aromatic carbocycles. The van der Waals surface area contributed by atoms with E-state index in [1.54, 1.807) is 54.9 Å². The minimum Gasteiger partial charge on any atom is -0.350 e. The van der Waals surface area contributed by atoms with Crippen LogP contribution >= 0.6 is 0 Å². The van der Waals surface area contributed by atoms with Gasteiger partial charge >= 0.3 is 0 Å². The lowest BCUT2D eigenvalue weighted by Crippen LogP contribution is -2.32. The summed E-state index contributed by atoms with van der Waals surface area (Å²) < 4.78 is 0. The van der Waals surface area contributed by atoms with Crippen LogP contribution in [0.2, 0.25) is 0 Å². The second-order valence-electron chi connectivity index (χ2n) is 7.06. The Kier molecular flexibility index (Phi) is 5.57. The number of amides is 3. The van der Waals surface area contributed by atoms with E-state index >= 15 is 0 Å². The van der Waals surface area contributed by atoms with Gasteiger partial charge in [-0.15, -0.1) is 0 Å². The number of anilines is 2. The fourth-order valence-corrected chi connectivity index (χ4v) is 3.37. The van der Waals surface area contributed by atoms with Crippen LogP contribution in [0.5, 0.6) is 0 Å². The van der Waals surface area contributed by atoms with Gasteiger partial charge in [0.15, 0.2) is 0 Å². The lowest BCUT2D eigenvalue weighted by molar-refractivity contribution is -0.137. The highest BCUT2D eigenvalue weighted by atomic mass is 16.2. The molecule has 0 saturated heterocycles. The lowest BCUT2D eigenvalue weighted by Gasteiger charge is -2.15. The first-order chi connectivity index (χ1) is 15.0. The Morgan fingerprint density at radius 3 is 2.26 bits per heavy atom. The molecule has 1 aliphatic heterocycles. The maximum atomic E-state index is 13.2.